The number of H-pyrrole nitrogens is 1. The lowest BCUT2D eigenvalue weighted by molar-refractivity contribution is -0.139. The van der Waals surface area contributed by atoms with Crippen LogP contribution in [0.15, 0.2) is 30.5 Å². The number of anilines is 1. The molecule has 2 aromatic rings. The van der Waals surface area contributed by atoms with Gasteiger partial charge in [0.05, 0.1) is 17.3 Å². The van der Waals surface area contributed by atoms with Gasteiger partial charge in [0.25, 0.3) is 0 Å². The van der Waals surface area contributed by atoms with E-state index < -0.39 is 11.7 Å². The minimum Gasteiger partial charge on any atom is -0.488 e. The quantitative estimate of drug-likeness (QED) is 0.888. The summed E-state index contributed by atoms with van der Waals surface area (Å²) in [5, 5.41) is 6.13. The molecule has 0 bridgehead atoms. The molecule has 7 heteroatoms. The van der Waals surface area contributed by atoms with Crippen LogP contribution in [0, 0.1) is 0 Å². The molecule has 0 aliphatic carbocycles. The molecule has 0 aliphatic heterocycles. The molecule has 1 aromatic heterocycles. The average molecular weight is 257 g/mol. The second-order valence-electron chi connectivity index (χ2n) is 3.59. The first kappa shape index (κ1) is 12.3. The normalized spacial score (nSPS) is 11.5. The van der Waals surface area contributed by atoms with Gasteiger partial charge in [-0.05, 0) is 12.1 Å². The van der Waals surface area contributed by atoms with Gasteiger partial charge < -0.3 is 10.5 Å². The maximum atomic E-state index is 12.7. The summed E-state index contributed by atoms with van der Waals surface area (Å²) in [5.74, 6) is 0.0464. The van der Waals surface area contributed by atoms with E-state index in [4.69, 9.17) is 10.5 Å². The van der Waals surface area contributed by atoms with Gasteiger partial charge in [-0.1, -0.05) is 12.1 Å². The number of alkyl halides is 3. The van der Waals surface area contributed by atoms with Gasteiger partial charge in [-0.2, -0.15) is 18.3 Å². The van der Waals surface area contributed by atoms with Gasteiger partial charge in [-0.3, -0.25) is 5.10 Å². The molecule has 0 saturated heterocycles. The van der Waals surface area contributed by atoms with Crippen molar-refractivity contribution >= 4 is 5.82 Å². The van der Waals surface area contributed by atoms with E-state index in [1.807, 2.05) is 0 Å². The first-order chi connectivity index (χ1) is 8.48. The van der Waals surface area contributed by atoms with E-state index in [0.717, 1.165) is 6.07 Å². The molecule has 18 heavy (non-hydrogen) atoms. The summed E-state index contributed by atoms with van der Waals surface area (Å²) < 4.78 is 43.1. The van der Waals surface area contributed by atoms with Gasteiger partial charge in [-0.15, -0.1) is 0 Å². The van der Waals surface area contributed by atoms with Crippen molar-refractivity contribution in [3.05, 3.63) is 41.6 Å². The Labute approximate surface area is 101 Å². The van der Waals surface area contributed by atoms with Gasteiger partial charge in [-0.25, -0.2) is 0 Å². The molecule has 1 heterocycles. The number of nitrogens with zero attached hydrogens (tertiary/aromatic N) is 1. The molecular weight excluding hydrogens is 247 g/mol. The zero-order valence-corrected chi connectivity index (χ0v) is 9.16. The summed E-state index contributed by atoms with van der Waals surface area (Å²) in [7, 11) is 0. The summed E-state index contributed by atoms with van der Waals surface area (Å²) in [6.45, 7) is -0.0740. The first-order valence-electron chi connectivity index (χ1n) is 5.05. The van der Waals surface area contributed by atoms with Crippen LogP contribution in [0.5, 0.6) is 5.75 Å². The van der Waals surface area contributed by atoms with Crippen LogP contribution in [0.4, 0.5) is 19.0 Å². The molecule has 0 aliphatic rings. The van der Waals surface area contributed by atoms with E-state index >= 15 is 0 Å². The molecule has 0 atom stereocenters. The number of ether oxygens (including phenoxy) is 1. The smallest absolute Gasteiger partial charge is 0.419 e. The average Bonchev–Trinajstić information content (AvgIpc) is 2.71. The number of aromatic nitrogens is 2. The summed E-state index contributed by atoms with van der Waals surface area (Å²) in [6, 6.07) is 5.01. The van der Waals surface area contributed by atoms with Crippen LogP contribution in [0.1, 0.15) is 11.1 Å². The maximum Gasteiger partial charge on any atom is 0.419 e. The molecule has 0 radical (unpaired) electrons. The fourth-order valence-electron chi connectivity index (χ4n) is 1.42. The van der Waals surface area contributed by atoms with Crippen molar-refractivity contribution in [2.24, 2.45) is 0 Å². The zero-order chi connectivity index (χ0) is 13.2. The Morgan fingerprint density at radius 2 is 2.00 bits per heavy atom. The SMILES string of the molecule is Nc1[nH]ncc1COc1ccccc1C(F)(F)F. The second kappa shape index (κ2) is 4.59. The Kier molecular flexibility index (Phi) is 3.14. The van der Waals surface area contributed by atoms with Crippen molar-refractivity contribution in [1.82, 2.24) is 10.2 Å². The molecule has 0 unspecified atom stereocenters. The number of para-hydroxylation sites is 1. The Balaban J connectivity index is 2.17. The Bertz CT molecular complexity index is 536. The molecule has 0 saturated carbocycles. The number of benzene rings is 1. The number of nitrogens with one attached hydrogen (secondary N) is 1. The van der Waals surface area contributed by atoms with E-state index in [9.17, 15) is 13.2 Å². The van der Waals surface area contributed by atoms with E-state index in [0.29, 0.717) is 5.56 Å². The Morgan fingerprint density at radius 1 is 1.28 bits per heavy atom. The second-order valence-corrected chi connectivity index (χ2v) is 3.59. The summed E-state index contributed by atoms with van der Waals surface area (Å²) >= 11 is 0. The number of rotatable bonds is 3. The molecule has 3 N–H and O–H groups in total. The number of nitrogen functional groups attached to an aromatic ring is 1. The predicted molar refractivity (Wildman–Crippen MR) is 58.8 cm³/mol. The highest BCUT2D eigenvalue weighted by Gasteiger charge is 2.34. The first-order valence-corrected chi connectivity index (χ1v) is 5.05. The third-order valence-corrected chi connectivity index (χ3v) is 2.33. The van der Waals surface area contributed by atoms with Gasteiger partial charge in [0.2, 0.25) is 0 Å². The van der Waals surface area contributed by atoms with E-state index in [1.165, 1.54) is 24.4 Å². The highest BCUT2D eigenvalue weighted by Crippen LogP contribution is 2.36. The minimum atomic E-state index is -4.45. The van der Waals surface area contributed by atoms with Crippen LogP contribution in [0.3, 0.4) is 0 Å². The van der Waals surface area contributed by atoms with Gasteiger partial charge in [0, 0.05) is 0 Å². The molecular formula is C11H10F3N3O. The van der Waals surface area contributed by atoms with Crippen LogP contribution < -0.4 is 10.5 Å². The van der Waals surface area contributed by atoms with Crippen molar-refractivity contribution in [3.8, 4) is 5.75 Å². The molecule has 0 spiro atoms. The van der Waals surface area contributed by atoms with Crippen molar-refractivity contribution in [2.75, 3.05) is 5.73 Å². The fraction of sp³-hybridized carbons (Fsp3) is 0.182. The lowest BCUT2D eigenvalue weighted by atomic mass is 10.2. The standard InChI is InChI=1S/C11H10F3N3O/c12-11(13,14)8-3-1-2-4-9(8)18-6-7-5-16-17-10(7)15/h1-5H,6H2,(H3,15,16,17). The van der Waals surface area contributed by atoms with Crippen molar-refractivity contribution in [2.45, 2.75) is 12.8 Å². The van der Waals surface area contributed by atoms with Crippen molar-refractivity contribution in [1.29, 1.82) is 0 Å². The van der Waals surface area contributed by atoms with Gasteiger partial charge in [0.1, 0.15) is 18.2 Å². The molecule has 96 valence electrons. The van der Waals surface area contributed by atoms with Gasteiger partial charge >= 0.3 is 6.18 Å². The minimum absolute atomic E-state index is 0.0740. The number of aromatic amines is 1. The third-order valence-electron chi connectivity index (χ3n) is 2.33. The Hall–Kier alpha value is -2.18. The number of hydrogen-bond acceptors (Lipinski definition) is 3. The van der Waals surface area contributed by atoms with E-state index in [2.05, 4.69) is 10.2 Å². The van der Waals surface area contributed by atoms with Crippen LogP contribution in [-0.4, -0.2) is 10.2 Å². The molecule has 2 rings (SSSR count). The number of hydrogen-bond donors (Lipinski definition) is 2. The largest absolute Gasteiger partial charge is 0.488 e. The van der Waals surface area contributed by atoms with Crippen molar-refractivity contribution in [3.63, 3.8) is 0 Å². The molecule has 1 aromatic carbocycles. The van der Waals surface area contributed by atoms with Crippen LogP contribution in [-0.2, 0) is 12.8 Å². The summed E-state index contributed by atoms with van der Waals surface area (Å²) in [6.07, 6.45) is -3.04. The van der Waals surface area contributed by atoms with Gasteiger partial charge in [0.15, 0.2) is 0 Å². The molecule has 4 nitrogen and oxygen atoms in total. The number of halogens is 3. The van der Waals surface area contributed by atoms with E-state index in [1.54, 1.807) is 0 Å². The summed E-state index contributed by atoms with van der Waals surface area (Å²) in [4.78, 5) is 0. The lowest BCUT2D eigenvalue weighted by Crippen LogP contribution is -2.08. The monoisotopic (exact) mass is 257 g/mol. The lowest BCUT2D eigenvalue weighted by Gasteiger charge is -2.13. The molecule has 0 fully saturated rings. The fourth-order valence-corrected chi connectivity index (χ4v) is 1.42. The zero-order valence-electron chi connectivity index (χ0n) is 9.16. The third kappa shape index (κ3) is 2.55. The van der Waals surface area contributed by atoms with Crippen molar-refractivity contribution < 1.29 is 17.9 Å². The maximum absolute atomic E-state index is 12.7. The molecule has 0 amide bonds. The van der Waals surface area contributed by atoms with Crippen LogP contribution in [0.25, 0.3) is 0 Å². The van der Waals surface area contributed by atoms with Crippen LogP contribution in [0.2, 0.25) is 0 Å². The predicted octanol–water partition coefficient (Wildman–Crippen LogP) is 2.59. The van der Waals surface area contributed by atoms with E-state index in [-0.39, 0.29) is 18.2 Å². The number of nitrogens with two attached hydrogens (primary N) is 1. The highest BCUT2D eigenvalue weighted by atomic mass is 19.4. The Morgan fingerprint density at radius 3 is 2.61 bits per heavy atom. The highest BCUT2D eigenvalue weighted by molar-refractivity contribution is 5.38. The topological polar surface area (TPSA) is 63.9 Å². The van der Waals surface area contributed by atoms with Crippen LogP contribution >= 0.6 is 0 Å². The summed E-state index contributed by atoms with van der Waals surface area (Å²) in [5.41, 5.74) is 5.20.